The number of ether oxygens (including phenoxy) is 1. The first-order chi connectivity index (χ1) is 21.7. The van der Waals surface area contributed by atoms with Crippen LogP contribution in [0, 0.1) is 27.7 Å². The van der Waals surface area contributed by atoms with Crippen LogP contribution in [0.15, 0.2) is 90.6 Å². The van der Waals surface area contributed by atoms with Crippen LogP contribution < -0.4 is 9.64 Å². The van der Waals surface area contributed by atoms with E-state index in [1.165, 1.54) is 16.2 Å². The number of rotatable bonds is 6. The summed E-state index contributed by atoms with van der Waals surface area (Å²) in [5.41, 5.74) is 6.97. The number of carbonyl (C=O) groups excluding carboxylic acids is 2. The molecule has 1 unspecified atom stereocenters. The van der Waals surface area contributed by atoms with Crippen molar-refractivity contribution in [2.45, 2.75) is 40.3 Å². The number of aliphatic hydroxyl groups is 1. The second kappa shape index (κ2) is 11.0. The number of hydrogen-bond acceptors (Lipinski definition) is 7. The van der Waals surface area contributed by atoms with Crippen molar-refractivity contribution in [2.24, 2.45) is 0 Å². The molecule has 1 saturated heterocycles. The molecule has 0 aliphatic carbocycles. The van der Waals surface area contributed by atoms with Gasteiger partial charge in [0.2, 0.25) is 0 Å². The summed E-state index contributed by atoms with van der Waals surface area (Å²) in [5.74, 6) is -1.23. The molecule has 0 saturated carbocycles. The van der Waals surface area contributed by atoms with Crippen LogP contribution in [0.5, 0.6) is 5.75 Å². The number of aryl methyl sites for hydroxylation is 4. The molecule has 3 aromatic heterocycles. The van der Waals surface area contributed by atoms with Gasteiger partial charge in [0.1, 0.15) is 23.7 Å². The van der Waals surface area contributed by atoms with Crippen molar-refractivity contribution in [3.8, 4) is 5.75 Å². The third-order valence-electron chi connectivity index (χ3n) is 8.22. The van der Waals surface area contributed by atoms with Gasteiger partial charge in [-0.2, -0.15) is 0 Å². The number of pyridine rings is 1. The number of anilines is 1. The maximum absolute atomic E-state index is 13.9. The van der Waals surface area contributed by atoms with Crippen molar-refractivity contribution >= 4 is 49.8 Å². The molecule has 1 fully saturated rings. The van der Waals surface area contributed by atoms with Gasteiger partial charge in [0, 0.05) is 6.20 Å². The lowest BCUT2D eigenvalue weighted by Crippen LogP contribution is -2.29. The topological polar surface area (TPSA) is 97.0 Å². The predicted octanol–water partition coefficient (Wildman–Crippen LogP) is 7.38. The van der Waals surface area contributed by atoms with Crippen LogP contribution in [0.4, 0.5) is 5.13 Å². The molecule has 1 atom stereocenters. The van der Waals surface area contributed by atoms with Crippen molar-refractivity contribution < 1.29 is 19.4 Å². The maximum atomic E-state index is 13.9. The number of fused-ring (bicyclic) bond motifs is 2. The van der Waals surface area contributed by atoms with E-state index < -0.39 is 17.7 Å². The third kappa shape index (κ3) is 4.85. The van der Waals surface area contributed by atoms with Gasteiger partial charge in [-0.25, -0.2) is 9.97 Å². The highest BCUT2D eigenvalue weighted by Crippen LogP contribution is 2.45. The second-order valence-corrected chi connectivity index (χ2v) is 12.4. The van der Waals surface area contributed by atoms with E-state index in [0.29, 0.717) is 34.4 Å². The van der Waals surface area contributed by atoms with Crippen molar-refractivity contribution in [2.75, 3.05) is 4.90 Å². The number of imidazole rings is 1. The van der Waals surface area contributed by atoms with E-state index in [1.54, 1.807) is 0 Å². The number of benzene rings is 3. The molecule has 4 heterocycles. The number of aromatic nitrogens is 3. The Morgan fingerprint density at radius 1 is 0.911 bits per heavy atom. The maximum Gasteiger partial charge on any atom is 0.301 e. The lowest BCUT2D eigenvalue weighted by atomic mass is 9.96. The molecule has 8 nitrogen and oxygen atoms in total. The van der Waals surface area contributed by atoms with Crippen molar-refractivity contribution in [1.29, 1.82) is 0 Å². The lowest BCUT2D eigenvalue weighted by molar-refractivity contribution is -0.132. The first-order valence-electron chi connectivity index (χ1n) is 14.6. The summed E-state index contributed by atoms with van der Waals surface area (Å²) < 4.78 is 8.78. The fourth-order valence-corrected chi connectivity index (χ4v) is 7.14. The summed E-state index contributed by atoms with van der Waals surface area (Å²) in [5, 5.41) is 12.2. The number of hydrogen-bond donors (Lipinski definition) is 1. The standard InChI is InChI=1S/C36H30N4O4S/c1-20-17-22(3)29-27(18-20)45-36(38-29)40-31(25-12-14-26(15-13-25)44-19-24-10-6-5-7-11-24)28(33(42)35(40)43)32(41)30-23(4)39-16-8-9-21(2)34(39)37-30/h5-18,31,41H,19H2,1-4H3. The molecule has 9 heteroatoms. The predicted molar refractivity (Wildman–Crippen MR) is 176 cm³/mol. The molecule has 224 valence electrons. The molecule has 0 radical (unpaired) electrons. The molecule has 1 N–H and O–H groups in total. The monoisotopic (exact) mass is 614 g/mol. The van der Waals surface area contributed by atoms with Crippen LogP contribution in [0.1, 0.15) is 45.2 Å². The van der Waals surface area contributed by atoms with E-state index in [1.807, 2.05) is 117 Å². The van der Waals surface area contributed by atoms with Gasteiger partial charge in [-0.15, -0.1) is 0 Å². The van der Waals surface area contributed by atoms with Gasteiger partial charge in [-0.1, -0.05) is 65.9 Å². The Bertz CT molecular complexity index is 2160. The minimum absolute atomic E-state index is 0.0331. The molecular formula is C36H30N4O4S. The minimum atomic E-state index is -0.930. The Morgan fingerprint density at radius 3 is 2.40 bits per heavy atom. The van der Waals surface area contributed by atoms with Crippen LogP contribution in [-0.4, -0.2) is 31.2 Å². The van der Waals surface area contributed by atoms with Crippen molar-refractivity contribution in [3.63, 3.8) is 0 Å². The number of ketones is 1. The highest BCUT2D eigenvalue weighted by atomic mass is 32.1. The molecule has 1 aliphatic heterocycles. The van der Waals surface area contributed by atoms with E-state index in [4.69, 9.17) is 14.7 Å². The van der Waals surface area contributed by atoms with E-state index >= 15 is 0 Å². The van der Waals surface area contributed by atoms with Crippen LogP contribution in [0.2, 0.25) is 0 Å². The number of thiazole rings is 1. The highest BCUT2D eigenvalue weighted by molar-refractivity contribution is 7.22. The van der Waals surface area contributed by atoms with Crippen LogP contribution in [0.25, 0.3) is 21.6 Å². The van der Waals surface area contributed by atoms with Gasteiger partial charge in [0.05, 0.1) is 27.5 Å². The molecule has 0 bridgehead atoms. The summed E-state index contributed by atoms with van der Waals surface area (Å²) in [7, 11) is 0. The molecule has 0 spiro atoms. The molecular weight excluding hydrogens is 584 g/mol. The number of aliphatic hydroxyl groups excluding tert-OH is 1. The first kappa shape index (κ1) is 28.5. The quantitative estimate of drug-likeness (QED) is 0.119. The Balaban J connectivity index is 1.36. The summed E-state index contributed by atoms with van der Waals surface area (Å²) >= 11 is 1.35. The van der Waals surface area contributed by atoms with E-state index in [-0.39, 0.29) is 17.0 Å². The van der Waals surface area contributed by atoms with Crippen molar-refractivity contribution in [3.05, 3.63) is 130 Å². The number of Topliss-reactive ketones (excluding diaryl/α,β-unsaturated/α-hetero) is 1. The zero-order valence-corrected chi connectivity index (χ0v) is 26.1. The molecule has 45 heavy (non-hydrogen) atoms. The Morgan fingerprint density at radius 2 is 1.67 bits per heavy atom. The molecule has 7 rings (SSSR count). The van der Waals surface area contributed by atoms with Crippen LogP contribution >= 0.6 is 11.3 Å². The fourth-order valence-electron chi connectivity index (χ4n) is 5.97. The number of nitrogens with zero attached hydrogens (tertiary/aromatic N) is 4. The number of carbonyl (C=O) groups is 2. The third-order valence-corrected chi connectivity index (χ3v) is 9.22. The summed E-state index contributed by atoms with van der Waals surface area (Å²) in [4.78, 5) is 38.6. The average Bonchev–Trinajstić information content (AvgIpc) is 3.69. The lowest BCUT2D eigenvalue weighted by Gasteiger charge is -2.23. The zero-order chi connectivity index (χ0) is 31.4. The Kier molecular flexibility index (Phi) is 6.97. The largest absolute Gasteiger partial charge is 0.505 e. The van der Waals surface area contributed by atoms with E-state index in [2.05, 4.69) is 0 Å². The van der Waals surface area contributed by atoms with Crippen LogP contribution in [0.3, 0.4) is 0 Å². The highest BCUT2D eigenvalue weighted by Gasteiger charge is 2.48. The average molecular weight is 615 g/mol. The summed E-state index contributed by atoms with van der Waals surface area (Å²) in [6.07, 6.45) is 1.86. The smallest absolute Gasteiger partial charge is 0.301 e. The Labute approximate surface area is 263 Å². The van der Waals surface area contributed by atoms with Crippen molar-refractivity contribution in [1.82, 2.24) is 14.4 Å². The van der Waals surface area contributed by atoms with E-state index in [9.17, 15) is 14.7 Å². The van der Waals surface area contributed by atoms with Gasteiger partial charge in [-0.3, -0.25) is 14.5 Å². The first-order valence-corrected chi connectivity index (χ1v) is 15.4. The molecule has 1 amide bonds. The molecule has 6 aromatic rings. The summed E-state index contributed by atoms with van der Waals surface area (Å²) in [6, 6.07) is 24.1. The minimum Gasteiger partial charge on any atom is -0.505 e. The van der Waals surface area contributed by atoms with E-state index in [0.717, 1.165) is 32.5 Å². The fraction of sp³-hybridized carbons (Fsp3) is 0.167. The van der Waals surface area contributed by atoms with Gasteiger partial charge in [0.25, 0.3) is 5.78 Å². The SMILES string of the molecule is Cc1cc(C)c2nc(N3C(=O)C(=O)C(=C(O)c4nc5c(C)cccn5c4C)C3c3ccc(OCc4ccccc4)cc3)sc2c1. The van der Waals surface area contributed by atoms with Crippen LogP contribution in [-0.2, 0) is 16.2 Å². The molecule has 1 aliphatic rings. The Hall–Kier alpha value is -5.28. The number of amides is 1. The summed E-state index contributed by atoms with van der Waals surface area (Å²) in [6.45, 7) is 8.15. The normalized spacial score (nSPS) is 16.3. The second-order valence-electron chi connectivity index (χ2n) is 11.4. The zero-order valence-electron chi connectivity index (χ0n) is 25.2. The van der Waals surface area contributed by atoms with Gasteiger partial charge in [0.15, 0.2) is 10.9 Å². The molecule has 3 aromatic carbocycles. The van der Waals surface area contributed by atoms with Gasteiger partial charge >= 0.3 is 5.91 Å². The van der Waals surface area contributed by atoms with Gasteiger partial charge < -0.3 is 14.2 Å². The van der Waals surface area contributed by atoms with Gasteiger partial charge in [-0.05, 0) is 79.8 Å².